The highest BCUT2D eigenvalue weighted by Gasteiger charge is 2.17. The fourth-order valence-corrected chi connectivity index (χ4v) is 2.15. The van der Waals surface area contributed by atoms with Crippen LogP contribution in [0.5, 0.6) is 5.75 Å². The molecule has 1 unspecified atom stereocenters. The van der Waals surface area contributed by atoms with E-state index in [1.807, 2.05) is 0 Å². The van der Waals surface area contributed by atoms with E-state index >= 15 is 0 Å². The zero-order valence-corrected chi connectivity index (χ0v) is 10.9. The summed E-state index contributed by atoms with van der Waals surface area (Å²) in [7, 11) is 0. The van der Waals surface area contributed by atoms with E-state index in [9.17, 15) is 0 Å². The van der Waals surface area contributed by atoms with Crippen molar-refractivity contribution in [2.24, 2.45) is 5.92 Å². The van der Waals surface area contributed by atoms with Crippen LogP contribution in [0.3, 0.4) is 0 Å². The van der Waals surface area contributed by atoms with Crippen LogP contribution in [0.25, 0.3) is 0 Å². The van der Waals surface area contributed by atoms with E-state index < -0.39 is 0 Å². The molecule has 0 aromatic heterocycles. The van der Waals surface area contributed by atoms with Gasteiger partial charge in [-0.25, -0.2) is 0 Å². The minimum Gasteiger partial charge on any atom is -0.493 e. The molecule has 1 fully saturated rings. The van der Waals surface area contributed by atoms with Gasteiger partial charge in [0.05, 0.1) is 6.61 Å². The fraction of sp³-hybridized carbons (Fsp3) is 0.600. The molecule has 2 rings (SSSR count). The van der Waals surface area contributed by atoms with Crippen LogP contribution in [0.1, 0.15) is 44.7 Å². The van der Waals surface area contributed by atoms with Crippen molar-refractivity contribution >= 4 is 0 Å². The summed E-state index contributed by atoms with van der Waals surface area (Å²) in [5.41, 5.74) is 1.32. The quantitative estimate of drug-likeness (QED) is 0.811. The van der Waals surface area contributed by atoms with Gasteiger partial charge in [0, 0.05) is 6.04 Å². The Kier molecular flexibility index (Phi) is 4.43. The second-order valence-electron chi connectivity index (χ2n) is 4.96. The van der Waals surface area contributed by atoms with Crippen LogP contribution in [-0.2, 0) is 0 Å². The van der Waals surface area contributed by atoms with Gasteiger partial charge >= 0.3 is 0 Å². The van der Waals surface area contributed by atoms with Gasteiger partial charge in [-0.3, -0.25) is 0 Å². The third-order valence-corrected chi connectivity index (χ3v) is 3.60. The Morgan fingerprint density at radius 3 is 2.53 bits per heavy atom. The second kappa shape index (κ2) is 6.06. The van der Waals surface area contributed by atoms with Crippen molar-refractivity contribution in [2.75, 3.05) is 13.2 Å². The van der Waals surface area contributed by atoms with Crippen LogP contribution in [-0.4, -0.2) is 13.2 Å². The summed E-state index contributed by atoms with van der Waals surface area (Å²) in [6.07, 6.45) is 4.07. The van der Waals surface area contributed by atoms with Gasteiger partial charge in [-0.1, -0.05) is 25.5 Å². The molecule has 0 saturated heterocycles. The molecular formula is C15H23NO. The number of hydrogen-bond donors (Lipinski definition) is 1. The van der Waals surface area contributed by atoms with E-state index in [1.54, 1.807) is 0 Å². The van der Waals surface area contributed by atoms with Gasteiger partial charge in [0.1, 0.15) is 5.75 Å². The average molecular weight is 233 g/mol. The highest BCUT2D eigenvalue weighted by Crippen LogP contribution is 2.27. The molecule has 1 aromatic carbocycles. The maximum absolute atomic E-state index is 5.78. The Hall–Kier alpha value is -1.02. The molecule has 0 aliphatic heterocycles. The smallest absolute Gasteiger partial charge is 0.119 e. The molecule has 1 saturated carbocycles. The van der Waals surface area contributed by atoms with Crippen molar-refractivity contribution in [3.63, 3.8) is 0 Å². The van der Waals surface area contributed by atoms with Gasteiger partial charge in [-0.05, 0) is 49.9 Å². The number of benzene rings is 1. The Morgan fingerprint density at radius 1 is 1.29 bits per heavy atom. The first-order valence-corrected chi connectivity index (χ1v) is 6.75. The van der Waals surface area contributed by atoms with E-state index in [2.05, 4.69) is 43.4 Å². The maximum Gasteiger partial charge on any atom is 0.119 e. The van der Waals surface area contributed by atoms with Crippen LogP contribution < -0.4 is 10.1 Å². The van der Waals surface area contributed by atoms with Gasteiger partial charge in [-0.2, -0.15) is 0 Å². The minimum absolute atomic E-state index is 0.417. The van der Waals surface area contributed by atoms with Crippen molar-refractivity contribution in [1.82, 2.24) is 5.32 Å². The van der Waals surface area contributed by atoms with Gasteiger partial charge in [0.25, 0.3) is 0 Å². The van der Waals surface area contributed by atoms with Gasteiger partial charge in [0.2, 0.25) is 0 Å². The van der Waals surface area contributed by atoms with Crippen LogP contribution >= 0.6 is 0 Å². The topological polar surface area (TPSA) is 21.3 Å². The summed E-state index contributed by atoms with van der Waals surface area (Å²) in [6.45, 7) is 6.21. The van der Waals surface area contributed by atoms with E-state index in [4.69, 9.17) is 4.74 Å². The summed E-state index contributed by atoms with van der Waals surface area (Å²) in [6, 6.07) is 8.90. The lowest BCUT2D eigenvalue weighted by molar-refractivity contribution is 0.180. The van der Waals surface area contributed by atoms with E-state index in [-0.39, 0.29) is 0 Å². The summed E-state index contributed by atoms with van der Waals surface area (Å²) in [5.74, 6) is 1.81. The van der Waals surface area contributed by atoms with Crippen molar-refractivity contribution in [1.29, 1.82) is 0 Å². The Balaban J connectivity index is 1.83. The molecule has 0 amide bonds. The Morgan fingerprint density at radius 2 is 2.00 bits per heavy atom. The summed E-state index contributed by atoms with van der Waals surface area (Å²) >= 11 is 0. The largest absolute Gasteiger partial charge is 0.493 e. The lowest BCUT2D eigenvalue weighted by Gasteiger charge is -2.25. The average Bonchev–Trinajstić information content (AvgIpc) is 2.28. The first kappa shape index (κ1) is 12.4. The third-order valence-electron chi connectivity index (χ3n) is 3.60. The molecule has 1 aliphatic carbocycles. The monoisotopic (exact) mass is 233 g/mol. The van der Waals surface area contributed by atoms with Crippen LogP contribution in [0.4, 0.5) is 0 Å². The number of rotatable bonds is 6. The van der Waals surface area contributed by atoms with Crippen molar-refractivity contribution in [3.8, 4) is 5.75 Å². The predicted octanol–water partition coefficient (Wildman–Crippen LogP) is 3.54. The Labute approximate surface area is 104 Å². The highest BCUT2D eigenvalue weighted by molar-refractivity contribution is 5.28. The van der Waals surface area contributed by atoms with Gasteiger partial charge < -0.3 is 10.1 Å². The standard InChI is InChI=1S/C15H23NO/c1-3-16-12(2)14-7-9-15(10-8-14)17-11-13-5-4-6-13/h7-10,12-13,16H,3-6,11H2,1-2H3. The molecule has 0 radical (unpaired) electrons. The second-order valence-corrected chi connectivity index (χ2v) is 4.96. The predicted molar refractivity (Wildman–Crippen MR) is 71.4 cm³/mol. The molecule has 2 heteroatoms. The first-order chi connectivity index (χ1) is 8.29. The van der Waals surface area contributed by atoms with Gasteiger partial charge in [-0.15, -0.1) is 0 Å². The zero-order valence-electron chi connectivity index (χ0n) is 10.9. The van der Waals surface area contributed by atoms with Crippen LogP contribution in [0.15, 0.2) is 24.3 Å². The molecular weight excluding hydrogens is 210 g/mol. The van der Waals surface area contributed by atoms with Crippen molar-refractivity contribution in [3.05, 3.63) is 29.8 Å². The zero-order chi connectivity index (χ0) is 12.1. The summed E-state index contributed by atoms with van der Waals surface area (Å²) in [4.78, 5) is 0. The lowest BCUT2D eigenvalue weighted by atomic mass is 9.86. The molecule has 0 bridgehead atoms. The molecule has 1 N–H and O–H groups in total. The van der Waals surface area contributed by atoms with E-state index in [1.165, 1.54) is 24.8 Å². The molecule has 94 valence electrons. The summed E-state index contributed by atoms with van der Waals surface area (Å²) in [5, 5.41) is 3.41. The first-order valence-electron chi connectivity index (χ1n) is 6.75. The van der Waals surface area contributed by atoms with Crippen LogP contribution in [0, 0.1) is 5.92 Å². The third kappa shape index (κ3) is 3.47. The lowest BCUT2D eigenvalue weighted by Crippen LogP contribution is -2.19. The molecule has 17 heavy (non-hydrogen) atoms. The molecule has 2 nitrogen and oxygen atoms in total. The van der Waals surface area contributed by atoms with Crippen LogP contribution in [0.2, 0.25) is 0 Å². The minimum atomic E-state index is 0.417. The number of hydrogen-bond acceptors (Lipinski definition) is 2. The molecule has 1 aliphatic rings. The van der Waals surface area contributed by atoms with Crippen molar-refractivity contribution in [2.45, 2.75) is 39.2 Å². The van der Waals surface area contributed by atoms with E-state index in [0.717, 1.165) is 24.8 Å². The molecule has 1 atom stereocenters. The highest BCUT2D eigenvalue weighted by atomic mass is 16.5. The fourth-order valence-electron chi connectivity index (χ4n) is 2.15. The van der Waals surface area contributed by atoms with Gasteiger partial charge in [0.15, 0.2) is 0 Å². The number of ether oxygens (including phenoxy) is 1. The molecule has 0 spiro atoms. The SMILES string of the molecule is CCNC(C)c1ccc(OCC2CCC2)cc1. The maximum atomic E-state index is 5.78. The summed E-state index contributed by atoms with van der Waals surface area (Å²) < 4.78 is 5.78. The normalized spacial score (nSPS) is 17.5. The van der Waals surface area contributed by atoms with Crippen molar-refractivity contribution < 1.29 is 4.74 Å². The molecule has 1 aromatic rings. The molecule has 0 heterocycles. The Bertz CT molecular complexity index is 329. The number of nitrogens with one attached hydrogen (secondary N) is 1. The van der Waals surface area contributed by atoms with E-state index in [0.29, 0.717) is 6.04 Å².